The Kier molecular flexibility index (Phi) is 33.7. The molecule has 0 saturated carbocycles. The Morgan fingerprint density at radius 2 is 0.875 bits per heavy atom. The molecule has 238 valence electrons. The molecule has 0 saturated heterocycles. The maximum Gasteiger partial charge on any atom is 0.305 e. The second-order valence-electron chi connectivity index (χ2n) is 13.0. The van der Waals surface area contributed by atoms with E-state index < -0.39 is 0 Å². The summed E-state index contributed by atoms with van der Waals surface area (Å²) in [6, 6.07) is 0. The molecule has 40 heavy (non-hydrogen) atoms. The zero-order valence-corrected chi connectivity index (χ0v) is 28.0. The van der Waals surface area contributed by atoms with Gasteiger partial charge in [0, 0.05) is 6.42 Å². The molecule has 0 aliphatic heterocycles. The lowest BCUT2D eigenvalue weighted by molar-refractivity contribution is -0.143. The molecule has 0 fully saturated rings. The lowest BCUT2D eigenvalue weighted by atomic mass is 10.0. The van der Waals surface area contributed by atoms with Gasteiger partial charge in [0.05, 0.1) is 6.61 Å². The van der Waals surface area contributed by atoms with Gasteiger partial charge >= 0.3 is 5.97 Å². The summed E-state index contributed by atoms with van der Waals surface area (Å²) >= 11 is 0. The highest BCUT2D eigenvalue weighted by molar-refractivity contribution is 5.69. The summed E-state index contributed by atoms with van der Waals surface area (Å²) in [6.45, 7) is 7.55. The molecule has 2 nitrogen and oxygen atoms in total. The van der Waals surface area contributed by atoms with Gasteiger partial charge < -0.3 is 4.74 Å². The minimum Gasteiger partial charge on any atom is -0.466 e. The first kappa shape index (κ1) is 39.2. The van der Waals surface area contributed by atoms with Crippen molar-refractivity contribution in [2.24, 2.45) is 5.92 Å². The molecule has 0 aromatic rings. The molecular weight excluding hydrogens is 488 g/mol. The summed E-state index contributed by atoms with van der Waals surface area (Å²) in [4.78, 5) is 11.9. The van der Waals surface area contributed by atoms with Crippen LogP contribution in [0.5, 0.6) is 0 Å². The maximum absolute atomic E-state index is 11.9. The third-order valence-corrected chi connectivity index (χ3v) is 8.33. The Morgan fingerprint density at radius 3 is 1.32 bits per heavy atom. The van der Waals surface area contributed by atoms with E-state index >= 15 is 0 Å². The summed E-state index contributed by atoms with van der Waals surface area (Å²) in [5.41, 5.74) is 0. The molecule has 0 aromatic heterocycles. The predicted octanol–water partition coefficient (Wildman–Crippen LogP) is 13.5. The van der Waals surface area contributed by atoms with Gasteiger partial charge in [-0.3, -0.25) is 4.79 Å². The van der Waals surface area contributed by atoms with Crippen LogP contribution in [0.4, 0.5) is 0 Å². The van der Waals surface area contributed by atoms with E-state index in [9.17, 15) is 4.79 Å². The van der Waals surface area contributed by atoms with E-state index in [0.717, 1.165) is 25.2 Å². The molecule has 0 radical (unpaired) electrons. The molecule has 0 aromatic carbocycles. The molecule has 0 aliphatic carbocycles. The van der Waals surface area contributed by atoms with Crippen molar-refractivity contribution in [3.05, 3.63) is 12.2 Å². The highest BCUT2D eigenvalue weighted by atomic mass is 16.5. The van der Waals surface area contributed by atoms with Crippen LogP contribution in [-0.2, 0) is 9.53 Å². The maximum atomic E-state index is 11.9. The molecule has 0 unspecified atom stereocenters. The van der Waals surface area contributed by atoms with Crippen LogP contribution >= 0.6 is 0 Å². The molecule has 0 aliphatic rings. The minimum atomic E-state index is 0.0155. The van der Waals surface area contributed by atoms with E-state index in [0.29, 0.717) is 13.0 Å². The fourth-order valence-electron chi connectivity index (χ4n) is 5.54. The third kappa shape index (κ3) is 35.2. The molecule has 0 N–H and O–H groups in total. The smallest absolute Gasteiger partial charge is 0.305 e. The number of carbonyl (C=O) groups excluding carboxylic acids is 1. The van der Waals surface area contributed by atoms with E-state index in [1.54, 1.807) is 0 Å². The molecule has 2 heteroatoms. The average Bonchev–Trinajstić information content (AvgIpc) is 2.94. The Morgan fingerprint density at radius 1 is 0.500 bits per heavy atom. The van der Waals surface area contributed by atoms with Crippen molar-refractivity contribution in [3.63, 3.8) is 0 Å². The van der Waals surface area contributed by atoms with Crippen LogP contribution in [0.2, 0.25) is 0 Å². The summed E-state index contributed by atoms with van der Waals surface area (Å²) < 4.78 is 5.43. The number of ether oxygens (including phenoxy) is 1. The predicted molar refractivity (Wildman–Crippen MR) is 179 cm³/mol. The number of hydrogen-bond donors (Lipinski definition) is 0. The first-order valence-electron chi connectivity index (χ1n) is 18.5. The van der Waals surface area contributed by atoms with Crippen LogP contribution in [0.3, 0.4) is 0 Å². The first-order chi connectivity index (χ1) is 19.7. The molecular formula is C38H74O2. The van der Waals surface area contributed by atoms with E-state index in [2.05, 4.69) is 32.9 Å². The van der Waals surface area contributed by atoms with Gasteiger partial charge in [-0.05, 0) is 38.0 Å². The normalized spacial score (nSPS) is 11.7. The lowest BCUT2D eigenvalue weighted by Gasteiger charge is -2.06. The second kappa shape index (κ2) is 34.4. The fraction of sp³-hybridized carbons (Fsp3) is 0.921. The van der Waals surface area contributed by atoms with Gasteiger partial charge in [0.25, 0.3) is 0 Å². The molecule has 0 bridgehead atoms. The van der Waals surface area contributed by atoms with Crippen molar-refractivity contribution in [1.29, 1.82) is 0 Å². The first-order valence-corrected chi connectivity index (χ1v) is 18.5. The van der Waals surface area contributed by atoms with Crippen LogP contribution in [0.1, 0.15) is 213 Å². The molecule has 0 atom stereocenters. The third-order valence-electron chi connectivity index (χ3n) is 8.33. The quantitative estimate of drug-likeness (QED) is 0.0451. The van der Waals surface area contributed by atoms with E-state index in [-0.39, 0.29) is 5.97 Å². The number of hydrogen-bond acceptors (Lipinski definition) is 2. The van der Waals surface area contributed by atoms with Gasteiger partial charge in [-0.15, -0.1) is 0 Å². The fourth-order valence-corrected chi connectivity index (χ4v) is 5.54. The van der Waals surface area contributed by atoms with Crippen LogP contribution in [-0.4, -0.2) is 12.6 Å². The molecule has 0 amide bonds. The largest absolute Gasteiger partial charge is 0.466 e. The van der Waals surface area contributed by atoms with E-state index in [1.165, 1.54) is 167 Å². The topological polar surface area (TPSA) is 26.3 Å². The average molecular weight is 563 g/mol. The number of unbranched alkanes of at least 4 members (excludes halogenated alkanes) is 25. The molecule has 0 rings (SSSR count). The van der Waals surface area contributed by atoms with Gasteiger partial charge in [0.15, 0.2) is 0 Å². The van der Waals surface area contributed by atoms with Gasteiger partial charge in [0.1, 0.15) is 0 Å². The Balaban J connectivity index is 3.15. The number of carbonyl (C=O) groups is 1. The summed E-state index contributed by atoms with van der Waals surface area (Å²) in [7, 11) is 0. The molecule has 0 heterocycles. The van der Waals surface area contributed by atoms with Crippen molar-refractivity contribution in [1.82, 2.24) is 0 Å². The number of allylic oxidation sites excluding steroid dienone is 2. The SMILES string of the molecule is CCCC/C=C\CCCCCCCC(=O)OCCCCCCCCCCCCCCCCCCCCCC(C)C. The lowest BCUT2D eigenvalue weighted by Crippen LogP contribution is -2.05. The monoisotopic (exact) mass is 563 g/mol. The highest BCUT2D eigenvalue weighted by Gasteiger charge is 2.02. The zero-order valence-electron chi connectivity index (χ0n) is 28.0. The van der Waals surface area contributed by atoms with Crippen molar-refractivity contribution in [3.8, 4) is 0 Å². The Labute approximate surface area is 253 Å². The van der Waals surface area contributed by atoms with Crippen LogP contribution in [0.25, 0.3) is 0 Å². The van der Waals surface area contributed by atoms with Crippen molar-refractivity contribution >= 4 is 5.97 Å². The zero-order chi connectivity index (χ0) is 29.2. The standard InChI is InChI=1S/C38H74O2/c1-4-5-6-7-8-9-19-23-26-29-32-35-38(39)40-36-33-30-27-24-21-18-16-14-12-10-11-13-15-17-20-22-25-28-31-34-37(2)3/h7-8,37H,4-6,9-36H2,1-3H3/b8-7-. The van der Waals surface area contributed by atoms with Gasteiger partial charge in [0.2, 0.25) is 0 Å². The van der Waals surface area contributed by atoms with E-state index in [4.69, 9.17) is 4.74 Å². The number of rotatable bonds is 33. The van der Waals surface area contributed by atoms with Gasteiger partial charge in [-0.2, -0.15) is 0 Å². The van der Waals surface area contributed by atoms with E-state index in [1.807, 2.05) is 0 Å². The van der Waals surface area contributed by atoms with Crippen LogP contribution in [0.15, 0.2) is 12.2 Å². The highest BCUT2D eigenvalue weighted by Crippen LogP contribution is 2.16. The minimum absolute atomic E-state index is 0.0155. The van der Waals surface area contributed by atoms with Crippen molar-refractivity contribution < 1.29 is 9.53 Å². The summed E-state index contributed by atoms with van der Waals surface area (Å²) in [6.07, 6.45) is 44.2. The van der Waals surface area contributed by atoms with Crippen LogP contribution < -0.4 is 0 Å². The van der Waals surface area contributed by atoms with Crippen LogP contribution in [0, 0.1) is 5.92 Å². The molecule has 0 spiro atoms. The summed E-state index contributed by atoms with van der Waals surface area (Å²) in [5, 5.41) is 0. The summed E-state index contributed by atoms with van der Waals surface area (Å²) in [5.74, 6) is 0.898. The number of esters is 1. The Hall–Kier alpha value is -0.790. The van der Waals surface area contributed by atoms with Crippen molar-refractivity contribution in [2.45, 2.75) is 213 Å². The second-order valence-corrected chi connectivity index (χ2v) is 13.0. The van der Waals surface area contributed by atoms with Gasteiger partial charge in [-0.1, -0.05) is 187 Å². The Bertz CT molecular complexity index is 510. The van der Waals surface area contributed by atoms with Gasteiger partial charge in [-0.25, -0.2) is 0 Å². The van der Waals surface area contributed by atoms with Crippen molar-refractivity contribution in [2.75, 3.05) is 6.61 Å².